The van der Waals surface area contributed by atoms with E-state index in [1.54, 1.807) is 0 Å². The fourth-order valence-corrected chi connectivity index (χ4v) is 3.59. The second kappa shape index (κ2) is 9.25. The van der Waals surface area contributed by atoms with Crippen molar-refractivity contribution in [1.82, 2.24) is 20.4 Å². The highest BCUT2D eigenvalue weighted by Gasteiger charge is 2.30. The van der Waals surface area contributed by atoms with Crippen molar-refractivity contribution in [3.8, 4) is 0 Å². The maximum Gasteiger partial charge on any atom is 0.179 e. The van der Waals surface area contributed by atoms with E-state index in [4.69, 9.17) is 0 Å². The first-order valence-electron chi connectivity index (χ1n) is 10.5. The van der Waals surface area contributed by atoms with Crippen LogP contribution < -0.4 is 0 Å². The standard InChI is InChI=1S/C23H42N4/c1-11-17(14-13-15-18(12-2)21(3,4)5)16-23(9,10)20-26-24-19(25-27-20)22(6,7)8/h12,17-18H,2,11,13-16H2,1,3-10H3. The molecule has 4 heteroatoms. The summed E-state index contributed by atoms with van der Waals surface area (Å²) in [5.41, 5.74) is 0.0606. The Morgan fingerprint density at radius 3 is 1.78 bits per heavy atom. The Bertz CT molecular complexity index is 576. The van der Waals surface area contributed by atoms with E-state index in [0.29, 0.717) is 23.1 Å². The van der Waals surface area contributed by atoms with Gasteiger partial charge in [-0.15, -0.1) is 27.0 Å². The second-order valence-corrected chi connectivity index (χ2v) is 10.8. The molecular weight excluding hydrogens is 332 g/mol. The Morgan fingerprint density at radius 1 is 0.852 bits per heavy atom. The fourth-order valence-electron chi connectivity index (χ4n) is 3.59. The van der Waals surface area contributed by atoms with Crippen molar-refractivity contribution in [2.24, 2.45) is 17.3 Å². The lowest BCUT2D eigenvalue weighted by Gasteiger charge is -2.30. The summed E-state index contributed by atoms with van der Waals surface area (Å²) in [6.07, 6.45) is 8.06. The van der Waals surface area contributed by atoms with Gasteiger partial charge < -0.3 is 0 Å². The largest absolute Gasteiger partial charge is 0.179 e. The summed E-state index contributed by atoms with van der Waals surface area (Å²) in [6.45, 7) is 23.9. The third kappa shape index (κ3) is 7.31. The summed E-state index contributed by atoms with van der Waals surface area (Å²) in [5.74, 6) is 2.69. The molecule has 0 fully saturated rings. The predicted molar refractivity (Wildman–Crippen MR) is 115 cm³/mol. The van der Waals surface area contributed by atoms with E-state index in [1.807, 2.05) is 0 Å². The number of rotatable bonds is 9. The molecule has 1 heterocycles. The molecule has 0 saturated carbocycles. The van der Waals surface area contributed by atoms with Crippen LogP contribution in [0.25, 0.3) is 0 Å². The van der Waals surface area contributed by atoms with E-state index in [0.717, 1.165) is 12.2 Å². The van der Waals surface area contributed by atoms with Crippen LogP contribution in [0.2, 0.25) is 0 Å². The van der Waals surface area contributed by atoms with Crippen LogP contribution in [0.5, 0.6) is 0 Å². The van der Waals surface area contributed by atoms with Gasteiger partial charge in [0.25, 0.3) is 0 Å². The molecule has 0 N–H and O–H groups in total. The zero-order valence-electron chi connectivity index (χ0n) is 19.3. The minimum atomic E-state index is -0.122. The molecule has 1 aromatic rings. The molecule has 0 aliphatic heterocycles. The topological polar surface area (TPSA) is 51.6 Å². The highest BCUT2D eigenvalue weighted by Crippen LogP contribution is 2.35. The summed E-state index contributed by atoms with van der Waals surface area (Å²) in [5, 5.41) is 17.5. The molecule has 0 bridgehead atoms. The van der Waals surface area contributed by atoms with Gasteiger partial charge in [-0.1, -0.05) is 87.7 Å². The van der Waals surface area contributed by atoms with Crippen LogP contribution in [0, 0.1) is 17.3 Å². The number of allylic oxidation sites excluding steroid dienone is 1. The molecule has 1 rings (SSSR count). The fraction of sp³-hybridized carbons (Fsp3) is 0.826. The van der Waals surface area contributed by atoms with Crippen LogP contribution in [0.4, 0.5) is 0 Å². The van der Waals surface area contributed by atoms with Crippen LogP contribution in [0.3, 0.4) is 0 Å². The van der Waals surface area contributed by atoms with Gasteiger partial charge in [-0.3, -0.25) is 0 Å². The first-order valence-corrected chi connectivity index (χ1v) is 10.5. The van der Waals surface area contributed by atoms with Crippen molar-refractivity contribution in [3.63, 3.8) is 0 Å². The lowest BCUT2D eigenvalue weighted by molar-refractivity contribution is 0.254. The SMILES string of the molecule is C=CC(CCCC(CC)CC(C)(C)c1nnc(C(C)(C)C)nn1)C(C)(C)C. The van der Waals surface area contributed by atoms with Gasteiger partial charge in [0.05, 0.1) is 0 Å². The van der Waals surface area contributed by atoms with E-state index in [-0.39, 0.29) is 10.8 Å². The summed E-state index contributed by atoms with van der Waals surface area (Å²) in [4.78, 5) is 0. The van der Waals surface area contributed by atoms with Crippen LogP contribution in [-0.4, -0.2) is 20.4 Å². The highest BCUT2D eigenvalue weighted by molar-refractivity contribution is 5.03. The van der Waals surface area contributed by atoms with E-state index >= 15 is 0 Å². The number of hydrogen-bond acceptors (Lipinski definition) is 4. The summed E-state index contributed by atoms with van der Waals surface area (Å²) in [7, 11) is 0. The van der Waals surface area contributed by atoms with Crippen molar-refractivity contribution in [3.05, 3.63) is 24.3 Å². The van der Waals surface area contributed by atoms with Crippen molar-refractivity contribution >= 4 is 0 Å². The lowest BCUT2D eigenvalue weighted by atomic mass is 9.75. The Morgan fingerprint density at radius 2 is 1.37 bits per heavy atom. The average Bonchev–Trinajstić information content (AvgIpc) is 2.55. The molecular formula is C23H42N4. The number of nitrogens with zero attached hydrogens (tertiary/aromatic N) is 4. The van der Waals surface area contributed by atoms with Crippen molar-refractivity contribution < 1.29 is 0 Å². The van der Waals surface area contributed by atoms with Gasteiger partial charge in [-0.05, 0) is 30.1 Å². The zero-order chi connectivity index (χ0) is 20.9. The van der Waals surface area contributed by atoms with E-state index in [9.17, 15) is 0 Å². The van der Waals surface area contributed by atoms with Crippen molar-refractivity contribution in [2.75, 3.05) is 0 Å². The van der Waals surface area contributed by atoms with Gasteiger partial charge in [0.15, 0.2) is 11.6 Å². The number of aromatic nitrogens is 4. The third-order valence-electron chi connectivity index (χ3n) is 5.66. The van der Waals surface area contributed by atoms with Crippen LogP contribution in [-0.2, 0) is 10.8 Å². The van der Waals surface area contributed by atoms with Crippen LogP contribution in [0.1, 0.15) is 106 Å². The molecule has 0 radical (unpaired) electrons. The normalized spacial score (nSPS) is 15.4. The molecule has 0 aromatic carbocycles. The summed E-state index contributed by atoms with van der Waals surface area (Å²) >= 11 is 0. The zero-order valence-corrected chi connectivity index (χ0v) is 19.3. The summed E-state index contributed by atoms with van der Waals surface area (Å²) < 4.78 is 0. The van der Waals surface area contributed by atoms with Crippen LogP contribution >= 0.6 is 0 Å². The maximum absolute atomic E-state index is 4.42. The number of hydrogen-bond donors (Lipinski definition) is 0. The van der Waals surface area contributed by atoms with E-state index < -0.39 is 0 Å². The first-order chi connectivity index (χ1) is 12.3. The maximum atomic E-state index is 4.42. The van der Waals surface area contributed by atoms with Gasteiger partial charge in [-0.25, -0.2) is 0 Å². The monoisotopic (exact) mass is 374 g/mol. The Hall–Kier alpha value is -1.32. The van der Waals surface area contributed by atoms with Crippen molar-refractivity contribution in [2.45, 2.75) is 105 Å². The van der Waals surface area contributed by atoms with E-state index in [2.05, 4.69) is 95.4 Å². The van der Waals surface area contributed by atoms with Gasteiger partial charge in [0, 0.05) is 10.8 Å². The minimum absolute atomic E-state index is 0.112. The van der Waals surface area contributed by atoms with Crippen molar-refractivity contribution in [1.29, 1.82) is 0 Å². The molecule has 0 aliphatic carbocycles. The van der Waals surface area contributed by atoms with Gasteiger partial charge in [0.1, 0.15) is 0 Å². The predicted octanol–water partition coefficient (Wildman–Crippen LogP) is 6.28. The second-order valence-electron chi connectivity index (χ2n) is 10.8. The quantitative estimate of drug-likeness (QED) is 0.477. The Balaban J connectivity index is 2.70. The molecule has 0 spiro atoms. The minimum Gasteiger partial charge on any atom is -0.131 e. The molecule has 0 amide bonds. The Kier molecular flexibility index (Phi) is 8.13. The van der Waals surface area contributed by atoms with Gasteiger partial charge >= 0.3 is 0 Å². The van der Waals surface area contributed by atoms with Gasteiger partial charge in [-0.2, -0.15) is 0 Å². The lowest BCUT2D eigenvalue weighted by Crippen LogP contribution is -2.28. The smallest absolute Gasteiger partial charge is 0.131 e. The molecule has 4 nitrogen and oxygen atoms in total. The van der Waals surface area contributed by atoms with E-state index in [1.165, 1.54) is 25.7 Å². The average molecular weight is 375 g/mol. The third-order valence-corrected chi connectivity index (χ3v) is 5.66. The summed E-state index contributed by atoms with van der Waals surface area (Å²) in [6, 6.07) is 0. The molecule has 0 saturated heterocycles. The molecule has 154 valence electrons. The molecule has 2 unspecified atom stereocenters. The molecule has 1 aromatic heterocycles. The highest BCUT2D eigenvalue weighted by atomic mass is 15.3. The van der Waals surface area contributed by atoms with Crippen LogP contribution in [0.15, 0.2) is 12.7 Å². The molecule has 2 atom stereocenters. The first kappa shape index (κ1) is 23.7. The molecule has 27 heavy (non-hydrogen) atoms. The van der Waals surface area contributed by atoms with Gasteiger partial charge in [0.2, 0.25) is 0 Å². The molecule has 0 aliphatic rings. The Labute approximate surface area is 167 Å².